The van der Waals surface area contributed by atoms with Gasteiger partial charge in [-0.05, 0) is 25.5 Å². The van der Waals surface area contributed by atoms with Crippen LogP contribution in [-0.2, 0) is 16.1 Å². The standard InChI is InChI=1S/C13H20N2O4/c1-4-14-12-6-5-11(7-13(12)15(16)17)9-19-10(2)8-18-3/h5-7,10,14H,4,8-9H2,1-3H3. The van der Waals surface area contributed by atoms with Crippen LogP contribution in [-0.4, -0.2) is 31.3 Å². The molecule has 106 valence electrons. The third-order valence-corrected chi connectivity index (χ3v) is 2.56. The van der Waals surface area contributed by atoms with Crippen molar-refractivity contribution in [2.45, 2.75) is 26.6 Å². The predicted octanol–water partition coefficient (Wildman–Crippen LogP) is 2.58. The minimum atomic E-state index is -0.389. The predicted molar refractivity (Wildman–Crippen MR) is 73.4 cm³/mol. The summed E-state index contributed by atoms with van der Waals surface area (Å²) in [7, 11) is 1.61. The largest absolute Gasteiger partial charge is 0.382 e. The highest BCUT2D eigenvalue weighted by molar-refractivity contribution is 5.62. The van der Waals surface area contributed by atoms with Crippen LogP contribution in [0.2, 0.25) is 0 Å². The SMILES string of the molecule is CCNc1ccc(COC(C)COC)cc1[N+](=O)[O-]. The summed E-state index contributed by atoms with van der Waals surface area (Å²) in [5.74, 6) is 0. The Balaban J connectivity index is 2.75. The van der Waals surface area contributed by atoms with Gasteiger partial charge in [0.1, 0.15) is 5.69 Å². The summed E-state index contributed by atoms with van der Waals surface area (Å²) in [6.07, 6.45) is -0.0440. The second-order valence-corrected chi connectivity index (χ2v) is 4.22. The minimum absolute atomic E-state index is 0.0440. The Kier molecular flexibility index (Phi) is 6.24. The van der Waals surface area contributed by atoms with E-state index < -0.39 is 0 Å². The van der Waals surface area contributed by atoms with E-state index in [0.29, 0.717) is 25.4 Å². The van der Waals surface area contributed by atoms with Crippen molar-refractivity contribution in [3.8, 4) is 0 Å². The Labute approximate surface area is 112 Å². The van der Waals surface area contributed by atoms with Crippen LogP contribution in [0.5, 0.6) is 0 Å². The summed E-state index contributed by atoms with van der Waals surface area (Å²) in [6.45, 7) is 5.26. The number of methoxy groups -OCH3 is 1. The number of nitro benzene ring substituents is 1. The third-order valence-electron chi connectivity index (χ3n) is 2.56. The van der Waals surface area contributed by atoms with Gasteiger partial charge < -0.3 is 14.8 Å². The van der Waals surface area contributed by atoms with Gasteiger partial charge in [-0.1, -0.05) is 6.07 Å². The molecule has 0 spiro atoms. The van der Waals surface area contributed by atoms with E-state index in [1.807, 2.05) is 19.9 Å². The number of benzene rings is 1. The van der Waals surface area contributed by atoms with Crippen molar-refractivity contribution in [1.82, 2.24) is 0 Å². The lowest BCUT2D eigenvalue weighted by molar-refractivity contribution is -0.384. The quantitative estimate of drug-likeness (QED) is 0.579. The molecular formula is C13H20N2O4. The zero-order valence-electron chi connectivity index (χ0n) is 11.5. The molecule has 19 heavy (non-hydrogen) atoms. The molecule has 0 bridgehead atoms. The minimum Gasteiger partial charge on any atom is -0.382 e. The second kappa shape index (κ2) is 7.70. The summed E-state index contributed by atoms with van der Waals surface area (Å²) in [5, 5.41) is 14.0. The van der Waals surface area contributed by atoms with Gasteiger partial charge in [-0.2, -0.15) is 0 Å². The fourth-order valence-electron chi connectivity index (χ4n) is 1.68. The maximum Gasteiger partial charge on any atom is 0.292 e. The lowest BCUT2D eigenvalue weighted by atomic mass is 10.2. The molecule has 6 nitrogen and oxygen atoms in total. The van der Waals surface area contributed by atoms with Gasteiger partial charge in [-0.25, -0.2) is 0 Å². The second-order valence-electron chi connectivity index (χ2n) is 4.22. The van der Waals surface area contributed by atoms with Crippen molar-refractivity contribution < 1.29 is 14.4 Å². The first-order valence-corrected chi connectivity index (χ1v) is 6.20. The molecule has 0 aliphatic rings. The third kappa shape index (κ3) is 4.84. The number of anilines is 1. The molecule has 0 aromatic heterocycles. The first-order chi connectivity index (χ1) is 9.08. The summed E-state index contributed by atoms with van der Waals surface area (Å²) in [4.78, 5) is 10.6. The van der Waals surface area contributed by atoms with Crippen molar-refractivity contribution in [1.29, 1.82) is 0 Å². The molecule has 0 aliphatic carbocycles. The van der Waals surface area contributed by atoms with Crippen LogP contribution in [0.4, 0.5) is 11.4 Å². The number of rotatable bonds is 8. The number of ether oxygens (including phenoxy) is 2. The average Bonchev–Trinajstić information content (AvgIpc) is 2.38. The molecule has 0 radical (unpaired) electrons. The van der Waals surface area contributed by atoms with E-state index >= 15 is 0 Å². The number of nitrogens with one attached hydrogen (secondary N) is 1. The maximum atomic E-state index is 11.0. The Morgan fingerprint density at radius 2 is 2.21 bits per heavy atom. The number of hydrogen-bond acceptors (Lipinski definition) is 5. The van der Waals surface area contributed by atoms with Gasteiger partial charge in [0.25, 0.3) is 5.69 Å². The zero-order chi connectivity index (χ0) is 14.3. The van der Waals surface area contributed by atoms with E-state index in [0.717, 1.165) is 5.56 Å². The lowest BCUT2D eigenvalue weighted by Gasteiger charge is -2.12. The molecule has 0 saturated heterocycles. The molecule has 1 rings (SSSR count). The van der Waals surface area contributed by atoms with Crippen LogP contribution in [0.3, 0.4) is 0 Å². The van der Waals surface area contributed by atoms with Crippen LogP contribution in [0.15, 0.2) is 18.2 Å². The molecule has 1 N–H and O–H groups in total. The van der Waals surface area contributed by atoms with Crippen molar-refractivity contribution in [3.63, 3.8) is 0 Å². The first kappa shape index (κ1) is 15.4. The van der Waals surface area contributed by atoms with Gasteiger partial charge in [0, 0.05) is 19.7 Å². The Morgan fingerprint density at radius 1 is 1.47 bits per heavy atom. The number of hydrogen-bond donors (Lipinski definition) is 1. The fourth-order valence-corrected chi connectivity index (χ4v) is 1.68. The average molecular weight is 268 g/mol. The van der Waals surface area contributed by atoms with E-state index in [1.165, 1.54) is 6.07 Å². The van der Waals surface area contributed by atoms with E-state index in [-0.39, 0.29) is 16.7 Å². The van der Waals surface area contributed by atoms with Crippen LogP contribution in [0, 0.1) is 10.1 Å². The van der Waals surface area contributed by atoms with Crippen molar-refractivity contribution in [3.05, 3.63) is 33.9 Å². The topological polar surface area (TPSA) is 73.6 Å². The molecule has 1 aromatic rings. The molecule has 0 amide bonds. The van der Waals surface area contributed by atoms with Gasteiger partial charge in [-0.15, -0.1) is 0 Å². The summed E-state index contributed by atoms with van der Waals surface area (Å²) >= 11 is 0. The van der Waals surface area contributed by atoms with Gasteiger partial charge in [0.05, 0.1) is 24.2 Å². The van der Waals surface area contributed by atoms with Crippen LogP contribution in [0.1, 0.15) is 19.4 Å². The molecule has 1 unspecified atom stereocenters. The summed E-state index contributed by atoms with van der Waals surface area (Å²) < 4.78 is 10.5. The van der Waals surface area contributed by atoms with Crippen molar-refractivity contribution in [2.75, 3.05) is 25.6 Å². The van der Waals surface area contributed by atoms with Gasteiger partial charge in [0.15, 0.2) is 0 Å². The molecule has 1 atom stereocenters. The van der Waals surface area contributed by atoms with Crippen LogP contribution >= 0.6 is 0 Å². The van der Waals surface area contributed by atoms with Gasteiger partial charge >= 0.3 is 0 Å². The highest BCUT2D eigenvalue weighted by Crippen LogP contribution is 2.25. The lowest BCUT2D eigenvalue weighted by Crippen LogP contribution is -2.14. The maximum absolute atomic E-state index is 11.0. The molecule has 0 fully saturated rings. The van der Waals surface area contributed by atoms with Crippen LogP contribution in [0.25, 0.3) is 0 Å². The van der Waals surface area contributed by atoms with E-state index in [2.05, 4.69) is 5.32 Å². The normalized spacial score (nSPS) is 12.2. The Morgan fingerprint density at radius 3 is 2.79 bits per heavy atom. The summed E-state index contributed by atoms with van der Waals surface area (Å²) in [6, 6.07) is 5.07. The Bertz CT molecular complexity index is 423. The molecule has 0 saturated carbocycles. The molecule has 0 aliphatic heterocycles. The zero-order valence-corrected chi connectivity index (χ0v) is 11.5. The number of nitrogens with zero attached hydrogens (tertiary/aromatic N) is 1. The highest BCUT2D eigenvalue weighted by atomic mass is 16.6. The fraction of sp³-hybridized carbons (Fsp3) is 0.538. The van der Waals surface area contributed by atoms with Gasteiger partial charge in [0.2, 0.25) is 0 Å². The molecular weight excluding hydrogens is 248 g/mol. The molecule has 1 aromatic carbocycles. The summed E-state index contributed by atoms with van der Waals surface area (Å²) in [5.41, 5.74) is 1.37. The monoisotopic (exact) mass is 268 g/mol. The Hall–Kier alpha value is -1.66. The first-order valence-electron chi connectivity index (χ1n) is 6.20. The van der Waals surface area contributed by atoms with Crippen molar-refractivity contribution in [2.24, 2.45) is 0 Å². The van der Waals surface area contributed by atoms with E-state index in [9.17, 15) is 10.1 Å². The molecule has 0 heterocycles. The van der Waals surface area contributed by atoms with Gasteiger partial charge in [-0.3, -0.25) is 10.1 Å². The van der Waals surface area contributed by atoms with E-state index in [1.54, 1.807) is 13.2 Å². The van der Waals surface area contributed by atoms with Crippen molar-refractivity contribution >= 4 is 11.4 Å². The van der Waals surface area contributed by atoms with Crippen LogP contribution < -0.4 is 5.32 Å². The smallest absolute Gasteiger partial charge is 0.292 e. The number of nitro groups is 1. The molecule has 6 heteroatoms. The highest BCUT2D eigenvalue weighted by Gasteiger charge is 2.14. The van der Waals surface area contributed by atoms with E-state index in [4.69, 9.17) is 9.47 Å².